The van der Waals surface area contributed by atoms with Crippen molar-refractivity contribution in [2.24, 2.45) is 5.73 Å². The van der Waals surface area contributed by atoms with Crippen LogP contribution in [0.3, 0.4) is 0 Å². The molecule has 2 aromatic carbocycles. The molecule has 0 saturated heterocycles. The van der Waals surface area contributed by atoms with Crippen LogP contribution in [0.1, 0.15) is 29.7 Å². The predicted molar refractivity (Wildman–Crippen MR) is 82.3 cm³/mol. The van der Waals surface area contributed by atoms with Crippen molar-refractivity contribution in [1.82, 2.24) is 0 Å². The first-order valence-corrected chi connectivity index (χ1v) is 7.09. The summed E-state index contributed by atoms with van der Waals surface area (Å²) in [6.45, 7) is 4.57. The van der Waals surface area contributed by atoms with Gasteiger partial charge < -0.3 is 10.5 Å². The number of hydrogen-bond donors (Lipinski definition) is 1. The number of rotatable bonds is 4. The van der Waals surface area contributed by atoms with E-state index in [0.29, 0.717) is 6.61 Å². The second-order valence-corrected chi connectivity index (χ2v) is 5.66. The molecule has 19 heavy (non-hydrogen) atoms. The minimum absolute atomic E-state index is 0.0273. The lowest BCUT2D eigenvalue weighted by Gasteiger charge is -2.15. The summed E-state index contributed by atoms with van der Waals surface area (Å²) in [4.78, 5) is 0. The Hall–Kier alpha value is -1.32. The fourth-order valence-electron chi connectivity index (χ4n) is 1.88. The van der Waals surface area contributed by atoms with Gasteiger partial charge in [0.05, 0.1) is 0 Å². The molecule has 100 valence electrons. The number of halogens is 1. The van der Waals surface area contributed by atoms with Gasteiger partial charge in [-0.3, -0.25) is 0 Å². The maximum atomic E-state index is 5.97. The van der Waals surface area contributed by atoms with Crippen LogP contribution in [0.2, 0.25) is 0 Å². The highest BCUT2D eigenvalue weighted by Crippen LogP contribution is 2.26. The highest BCUT2D eigenvalue weighted by molar-refractivity contribution is 9.10. The number of hydrogen-bond acceptors (Lipinski definition) is 2. The molecule has 0 aliphatic carbocycles. The Kier molecular flexibility index (Phi) is 4.61. The van der Waals surface area contributed by atoms with Gasteiger partial charge in [-0.2, -0.15) is 0 Å². The Balaban J connectivity index is 2.14. The molecule has 0 saturated carbocycles. The monoisotopic (exact) mass is 319 g/mol. The van der Waals surface area contributed by atoms with Gasteiger partial charge >= 0.3 is 0 Å². The molecule has 0 heterocycles. The molecule has 0 spiro atoms. The molecule has 0 bridgehead atoms. The standard InChI is InChI=1S/C16H18BrNO/c1-11-3-8-15(12(2)18)16(9-11)19-10-13-4-6-14(17)7-5-13/h3-9,12H,10,18H2,1-2H3/t12-/m1/s1. The van der Waals surface area contributed by atoms with E-state index < -0.39 is 0 Å². The van der Waals surface area contributed by atoms with E-state index in [1.165, 1.54) is 5.56 Å². The molecule has 0 fully saturated rings. The molecule has 2 aromatic rings. The highest BCUT2D eigenvalue weighted by atomic mass is 79.9. The van der Waals surface area contributed by atoms with E-state index in [9.17, 15) is 0 Å². The fraction of sp³-hybridized carbons (Fsp3) is 0.250. The van der Waals surface area contributed by atoms with Crippen molar-refractivity contribution >= 4 is 15.9 Å². The van der Waals surface area contributed by atoms with Crippen LogP contribution in [0.15, 0.2) is 46.9 Å². The average Bonchev–Trinajstić information content (AvgIpc) is 2.38. The molecule has 2 N–H and O–H groups in total. The summed E-state index contributed by atoms with van der Waals surface area (Å²) in [6, 6.07) is 14.2. The third kappa shape index (κ3) is 3.82. The van der Waals surface area contributed by atoms with Crippen LogP contribution in [0, 0.1) is 6.92 Å². The molecule has 0 radical (unpaired) electrons. The zero-order valence-corrected chi connectivity index (χ0v) is 12.8. The van der Waals surface area contributed by atoms with Gasteiger partial charge in [-0.05, 0) is 43.2 Å². The van der Waals surface area contributed by atoms with Crippen molar-refractivity contribution in [2.75, 3.05) is 0 Å². The predicted octanol–water partition coefficient (Wildman–Crippen LogP) is 4.36. The Bertz CT molecular complexity index is 549. The SMILES string of the molecule is Cc1ccc([C@@H](C)N)c(OCc2ccc(Br)cc2)c1. The molecule has 0 aliphatic heterocycles. The molecule has 0 unspecified atom stereocenters. The van der Waals surface area contributed by atoms with Crippen LogP contribution >= 0.6 is 15.9 Å². The summed E-state index contributed by atoms with van der Waals surface area (Å²) in [7, 11) is 0. The summed E-state index contributed by atoms with van der Waals surface area (Å²) in [5, 5.41) is 0. The molecule has 2 nitrogen and oxygen atoms in total. The maximum Gasteiger partial charge on any atom is 0.124 e. The van der Waals surface area contributed by atoms with E-state index in [4.69, 9.17) is 10.5 Å². The molecular formula is C16H18BrNO. The summed E-state index contributed by atoms with van der Waals surface area (Å²) in [5.74, 6) is 0.873. The van der Waals surface area contributed by atoms with Gasteiger partial charge in [0.15, 0.2) is 0 Å². The van der Waals surface area contributed by atoms with Gasteiger partial charge in [0.2, 0.25) is 0 Å². The van der Waals surface area contributed by atoms with Crippen LogP contribution in [-0.2, 0) is 6.61 Å². The minimum Gasteiger partial charge on any atom is -0.489 e. The third-order valence-electron chi connectivity index (χ3n) is 2.97. The van der Waals surface area contributed by atoms with Gasteiger partial charge in [-0.15, -0.1) is 0 Å². The first-order chi connectivity index (χ1) is 9.06. The molecular weight excluding hydrogens is 302 g/mol. The lowest BCUT2D eigenvalue weighted by molar-refractivity contribution is 0.301. The minimum atomic E-state index is -0.0273. The van der Waals surface area contributed by atoms with Crippen LogP contribution in [0.4, 0.5) is 0 Å². The number of benzene rings is 2. The van der Waals surface area contributed by atoms with Gasteiger partial charge in [0.25, 0.3) is 0 Å². The number of nitrogens with two attached hydrogens (primary N) is 1. The molecule has 0 aromatic heterocycles. The number of aryl methyl sites for hydroxylation is 1. The second-order valence-electron chi connectivity index (χ2n) is 4.75. The van der Waals surface area contributed by atoms with E-state index in [1.807, 2.05) is 43.3 Å². The lowest BCUT2D eigenvalue weighted by Crippen LogP contribution is -2.08. The smallest absolute Gasteiger partial charge is 0.124 e. The van der Waals surface area contributed by atoms with E-state index in [2.05, 4.69) is 28.9 Å². The Morgan fingerprint density at radius 1 is 1.16 bits per heavy atom. The van der Waals surface area contributed by atoms with Crippen LogP contribution < -0.4 is 10.5 Å². The Morgan fingerprint density at radius 2 is 1.84 bits per heavy atom. The quantitative estimate of drug-likeness (QED) is 0.908. The van der Waals surface area contributed by atoms with Crippen molar-refractivity contribution in [3.05, 3.63) is 63.6 Å². The van der Waals surface area contributed by atoms with E-state index in [-0.39, 0.29) is 6.04 Å². The topological polar surface area (TPSA) is 35.2 Å². The third-order valence-corrected chi connectivity index (χ3v) is 3.50. The van der Waals surface area contributed by atoms with Crippen LogP contribution in [0.25, 0.3) is 0 Å². The van der Waals surface area contributed by atoms with Gasteiger partial charge in [-0.1, -0.05) is 40.2 Å². The van der Waals surface area contributed by atoms with E-state index in [0.717, 1.165) is 21.3 Å². The fourth-order valence-corrected chi connectivity index (χ4v) is 2.15. The van der Waals surface area contributed by atoms with Crippen molar-refractivity contribution < 1.29 is 4.74 Å². The van der Waals surface area contributed by atoms with Gasteiger partial charge in [-0.25, -0.2) is 0 Å². The zero-order valence-electron chi connectivity index (χ0n) is 11.2. The lowest BCUT2D eigenvalue weighted by atomic mass is 10.1. The van der Waals surface area contributed by atoms with Crippen LogP contribution in [-0.4, -0.2) is 0 Å². The molecule has 0 amide bonds. The maximum absolute atomic E-state index is 5.97. The normalized spacial score (nSPS) is 12.2. The largest absolute Gasteiger partial charge is 0.489 e. The van der Waals surface area contributed by atoms with Gasteiger partial charge in [0.1, 0.15) is 12.4 Å². The summed E-state index contributed by atoms with van der Waals surface area (Å²) in [5.41, 5.74) is 9.33. The molecule has 0 aliphatic rings. The summed E-state index contributed by atoms with van der Waals surface area (Å²) >= 11 is 3.42. The second kappa shape index (κ2) is 6.22. The van der Waals surface area contributed by atoms with Crippen molar-refractivity contribution in [1.29, 1.82) is 0 Å². The first-order valence-electron chi connectivity index (χ1n) is 6.29. The zero-order chi connectivity index (χ0) is 13.8. The van der Waals surface area contributed by atoms with E-state index in [1.54, 1.807) is 0 Å². The van der Waals surface area contributed by atoms with E-state index >= 15 is 0 Å². The molecule has 2 rings (SSSR count). The summed E-state index contributed by atoms with van der Waals surface area (Å²) in [6.07, 6.45) is 0. The average molecular weight is 320 g/mol. The van der Waals surface area contributed by atoms with Crippen LogP contribution in [0.5, 0.6) is 5.75 Å². The number of ether oxygens (including phenoxy) is 1. The van der Waals surface area contributed by atoms with Crippen molar-refractivity contribution in [3.8, 4) is 5.75 Å². The highest BCUT2D eigenvalue weighted by Gasteiger charge is 2.08. The Morgan fingerprint density at radius 3 is 2.47 bits per heavy atom. The van der Waals surface area contributed by atoms with Gasteiger partial charge in [0, 0.05) is 16.1 Å². The summed E-state index contributed by atoms with van der Waals surface area (Å²) < 4.78 is 6.98. The molecule has 3 heteroatoms. The van der Waals surface area contributed by atoms with Crippen molar-refractivity contribution in [2.45, 2.75) is 26.5 Å². The Labute approximate surface area is 122 Å². The first kappa shape index (κ1) is 14.1. The molecule has 1 atom stereocenters. The van der Waals surface area contributed by atoms with Crippen molar-refractivity contribution in [3.63, 3.8) is 0 Å².